The summed E-state index contributed by atoms with van der Waals surface area (Å²) in [7, 11) is -16.4. The van der Waals surface area contributed by atoms with E-state index in [1.807, 2.05) is 0 Å². The molecule has 1 saturated heterocycles. The topological polar surface area (TPSA) is 364 Å². The molecule has 52 heavy (non-hydrogen) atoms. The van der Waals surface area contributed by atoms with Crippen molar-refractivity contribution in [2.45, 2.75) is 57.8 Å². The molecule has 10 N–H and O–H groups in total. The monoisotopic (exact) mass is 841 g/mol. The number of phosphoric acid groups is 3. The van der Waals surface area contributed by atoms with Gasteiger partial charge in [-0.25, -0.2) is 28.6 Å². The Bertz CT molecular complexity index is 1720. The third-order valence-corrected chi connectivity index (χ3v) is 10.7. The zero-order valence-electron chi connectivity index (χ0n) is 27.5. The van der Waals surface area contributed by atoms with Gasteiger partial charge in [-0.05, 0) is 0 Å². The standard InChI is InChI=1S/C23H38N7O17P3S.S/c1-12(31)51-7-6-25-14(32)4-5-26-21(35)18(34)23(2,3)9-44-50(41,42)47-49(39,40)43-8-13-17(46-48(36,37)38)16(33)22(45-13)30-11-29-15-19(24)27-10-28-20(15)30;/h10-11,13,16-18,22,33-34H,4-9H2,1-3H3,(H,25,32)(H,26,35)(H,39,40)(H,41,42)(H2,24,27,28)(H2,36,37,38);/t13-,16-,17-,18+,22-;/m1./s1. The Morgan fingerprint density at radius 1 is 1.08 bits per heavy atom. The van der Waals surface area contributed by atoms with Gasteiger partial charge in [0.1, 0.15) is 36.3 Å². The number of anilines is 1. The summed E-state index contributed by atoms with van der Waals surface area (Å²) in [5.41, 5.74) is 4.26. The number of carbonyl (C=O) groups excluding carboxylic acids is 3. The lowest BCUT2D eigenvalue weighted by Gasteiger charge is -2.30. The van der Waals surface area contributed by atoms with Crippen LogP contribution in [0.25, 0.3) is 11.2 Å². The van der Waals surface area contributed by atoms with Crippen LogP contribution >= 0.6 is 48.7 Å². The van der Waals surface area contributed by atoms with Gasteiger partial charge in [0.05, 0.1) is 19.5 Å². The molecule has 1 aliphatic rings. The lowest BCUT2D eigenvalue weighted by molar-refractivity contribution is -0.137. The van der Waals surface area contributed by atoms with Crippen molar-refractivity contribution in [2.24, 2.45) is 5.41 Å². The summed E-state index contributed by atoms with van der Waals surface area (Å²) in [6, 6.07) is 0. The normalized spacial score (nSPS) is 22.2. The maximum Gasteiger partial charge on any atom is 0.481 e. The number of nitrogens with zero attached hydrogens (tertiary/aromatic N) is 4. The van der Waals surface area contributed by atoms with E-state index in [4.69, 9.17) is 19.5 Å². The fourth-order valence-electron chi connectivity index (χ4n) is 4.32. The number of rotatable bonds is 19. The highest BCUT2D eigenvalue weighted by molar-refractivity contribution is 8.13. The second-order valence-electron chi connectivity index (χ2n) is 11.4. The predicted octanol–water partition coefficient (Wildman–Crippen LogP) is -0.667. The second-order valence-corrected chi connectivity index (χ2v) is 16.9. The Morgan fingerprint density at radius 3 is 2.37 bits per heavy atom. The molecule has 294 valence electrons. The number of aliphatic hydroxyl groups excluding tert-OH is 2. The number of hydrogen-bond acceptors (Lipinski definition) is 18. The van der Waals surface area contributed by atoms with Crippen LogP contribution in [0.1, 0.15) is 33.4 Å². The van der Waals surface area contributed by atoms with Crippen LogP contribution in [0.2, 0.25) is 0 Å². The molecule has 0 spiro atoms. The summed E-state index contributed by atoms with van der Waals surface area (Å²) >= 11 is 1.03. The van der Waals surface area contributed by atoms with E-state index in [0.29, 0.717) is 5.75 Å². The molecule has 0 aromatic carbocycles. The maximum absolute atomic E-state index is 12.6. The van der Waals surface area contributed by atoms with E-state index >= 15 is 0 Å². The Hall–Kier alpha value is -2.09. The molecule has 2 amide bonds. The highest BCUT2D eigenvalue weighted by Crippen LogP contribution is 2.61. The predicted molar refractivity (Wildman–Crippen MR) is 180 cm³/mol. The molecule has 3 heterocycles. The van der Waals surface area contributed by atoms with Crippen LogP contribution < -0.4 is 16.4 Å². The van der Waals surface area contributed by atoms with Gasteiger partial charge in [-0.2, -0.15) is 4.31 Å². The first kappa shape index (κ1) is 46.1. The third-order valence-electron chi connectivity index (χ3n) is 6.81. The second kappa shape index (κ2) is 19.0. The molecule has 2 unspecified atom stereocenters. The number of amides is 2. The summed E-state index contributed by atoms with van der Waals surface area (Å²) in [6.07, 6.45) is -6.88. The lowest BCUT2D eigenvalue weighted by Crippen LogP contribution is -2.46. The van der Waals surface area contributed by atoms with Crippen LogP contribution in [0.3, 0.4) is 0 Å². The summed E-state index contributed by atoms with van der Waals surface area (Å²) in [6.45, 7) is 1.90. The zero-order chi connectivity index (χ0) is 38.4. The largest absolute Gasteiger partial charge is 0.481 e. The number of aliphatic hydroxyl groups is 2. The molecule has 0 saturated carbocycles. The van der Waals surface area contributed by atoms with Gasteiger partial charge in [0.15, 0.2) is 22.8 Å². The van der Waals surface area contributed by atoms with Crippen LogP contribution in [0, 0.1) is 5.41 Å². The number of aromatic nitrogens is 4. The average Bonchev–Trinajstić information content (AvgIpc) is 3.57. The molecule has 0 bridgehead atoms. The van der Waals surface area contributed by atoms with Crippen LogP contribution in [0.15, 0.2) is 12.7 Å². The Kier molecular flexibility index (Phi) is 16.8. The third kappa shape index (κ3) is 13.6. The summed E-state index contributed by atoms with van der Waals surface area (Å²) in [4.78, 5) is 85.9. The van der Waals surface area contributed by atoms with Gasteiger partial charge in [-0.3, -0.25) is 32.5 Å². The SMILES string of the molecule is CC(=O)SCCNC(=O)CCNC(=O)[C@H](O)C(C)(C)COP(=O)(O)OP(=O)(O)OC[C@H]1O[C@@H](n2cnc3c(N)ncnc32)[C@H](O)[C@@H]1OP(=O)(O)O.[S]. The van der Waals surface area contributed by atoms with Crippen molar-refractivity contribution >= 4 is 82.6 Å². The van der Waals surface area contributed by atoms with Crippen molar-refractivity contribution in [2.75, 3.05) is 37.8 Å². The van der Waals surface area contributed by atoms with E-state index in [0.717, 1.165) is 29.0 Å². The number of carbonyl (C=O) groups is 3. The Balaban J connectivity index is 0.00000936. The van der Waals surface area contributed by atoms with Gasteiger partial charge in [-0.15, -0.1) is 0 Å². The van der Waals surface area contributed by atoms with E-state index < -0.39 is 84.6 Å². The molecular weight excluding hydrogens is 803 g/mol. The molecule has 1 fully saturated rings. The van der Waals surface area contributed by atoms with Crippen molar-refractivity contribution in [1.29, 1.82) is 0 Å². The molecule has 2 aromatic heterocycles. The first-order valence-corrected chi connectivity index (χ1v) is 20.0. The Labute approximate surface area is 306 Å². The van der Waals surface area contributed by atoms with Crippen LogP contribution in [0.5, 0.6) is 0 Å². The molecule has 0 aliphatic carbocycles. The molecule has 2 radical (unpaired) electrons. The highest BCUT2D eigenvalue weighted by atomic mass is 32.2. The van der Waals surface area contributed by atoms with Crippen molar-refractivity contribution in [1.82, 2.24) is 30.2 Å². The Morgan fingerprint density at radius 2 is 1.73 bits per heavy atom. The fourth-order valence-corrected chi connectivity index (χ4v) is 7.65. The number of hydrogen-bond donors (Lipinski definition) is 9. The number of nitrogens with one attached hydrogen (secondary N) is 2. The van der Waals surface area contributed by atoms with Gasteiger partial charge < -0.3 is 50.9 Å². The van der Waals surface area contributed by atoms with Crippen LogP contribution in [-0.4, -0.2) is 123 Å². The number of phosphoric ester groups is 3. The molecule has 24 nitrogen and oxygen atoms in total. The van der Waals surface area contributed by atoms with E-state index in [1.54, 1.807) is 0 Å². The van der Waals surface area contributed by atoms with Gasteiger partial charge >= 0.3 is 23.5 Å². The number of nitrogens with two attached hydrogens (primary N) is 1. The maximum atomic E-state index is 12.6. The minimum atomic E-state index is -5.56. The number of fused-ring (bicyclic) bond motifs is 1. The van der Waals surface area contributed by atoms with E-state index in [2.05, 4.69) is 34.4 Å². The van der Waals surface area contributed by atoms with E-state index in [-0.39, 0.29) is 55.1 Å². The highest BCUT2D eigenvalue weighted by Gasteiger charge is 2.50. The van der Waals surface area contributed by atoms with Crippen molar-refractivity contribution in [3.8, 4) is 0 Å². The van der Waals surface area contributed by atoms with Gasteiger partial charge in [0, 0.05) is 51.1 Å². The summed E-state index contributed by atoms with van der Waals surface area (Å²) in [5.74, 6) is -1.08. The zero-order valence-corrected chi connectivity index (χ0v) is 31.8. The smallest absolute Gasteiger partial charge is 0.386 e. The average molecular weight is 842 g/mol. The fraction of sp³-hybridized carbons (Fsp3) is 0.652. The van der Waals surface area contributed by atoms with Gasteiger partial charge in [0.25, 0.3) is 0 Å². The molecule has 2 aromatic rings. The first-order chi connectivity index (χ1) is 23.5. The first-order valence-electron chi connectivity index (χ1n) is 14.5. The summed E-state index contributed by atoms with van der Waals surface area (Å²) < 4.78 is 61.8. The minimum Gasteiger partial charge on any atom is -0.386 e. The molecular formula is C23H38N7O17P3S2. The minimum absolute atomic E-state index is 0. The van der Waals surface area contributed by atoms with Crippen LogP contribution in [-0.2, 0) is 50.7 Å². The number of thioether (sulfide) groups is 1. The van der Waals surface area contributed by atoms with Crippen LogP contribution in [0.4, 0.5) is 5.82 Å². The van der Waals surface area contributed by atoms with Crippen molar-refractivity contribution < 1.29 is 80.5 Å². The van der Waals surface area contributed by atoms with Crippen molar-refractivity contribution in [3.63, 3.8) is 0 Å². The van der Waals surface area contributed by atoms with E-state index in [1.165, 1.54) is 20.8 Å². The molecule has 1 aliphatic heterocycles. The van der Waals surface area contributed by atoms with E-state index in [9.17, 15) is 57.9 Å². The lowest BCUT2D eigenvalue weighted by atomic mass is 9.87. The summed E-state index contributed by atoms with van der Waals surface area (Å²) in [5, 5.41) is 26.1. The van der Waals surface area contributed by atoms with Crippen molar-refractivity contribution in [3.05, 3.63) is 12.7 Å². The number of nitrogen functional groups attached to an aromatic ring is 1. The molecule has 3 rings (SSSR count). The number of imidazole rings is 1. The van der Waals surface area contributed by atoms with Gasteiger partial charge in [0.2, 0.25) is 11.8 Å². The van der Waals surface area contributed by atoms with Gasteiger partial charge in [-0.1, -0.05) is 25.6 Å². The number of ether oxygens (including phenoxy) is 1. The molecule has 7 atom stereocenters. The molecule has 29 heteroatoms. The quantitative estimate of drug-likeness (QED) is 0.0625.